The lowest BCUT2D eigenvalue weighted by molar-refractivity contribution is 0.750. The van der Waals surface area contributed by atoms with Crippen LogP contribution in [0.1, 0.15) is 27.8 Å². The first-order valence-electron chi connectivity index (χ1n) is 22.0. The summed E-state index contributed by atoms with van der Waals surface area (Å²) in [5.74, 6) is 0.635. The minimum Gasteiger partial charge on any atom is -0.309 e. The molecule has 300 valence electrons. The normalized spacial score (nSPS) is 13.2. The van der Waals surface area contributed by atoms with Crippen molar-refractivity contribution >= 4 is 39.1 Å². The Kier molecular flexibility index (Phi) is 8.00. The Labute approximate surface area is 372 Å². The Balaban J connectivity index is 1.01. The summed E-state index contributed by atoms with van der Waals surface area (Å²) in [5.41, 5.74) is 20.1. The predicted molar refractivity (Wildman–Crippen MR) is 263 cm³/mol. The fourth-order valence-corrected chi connectivity index (χ4v) is 10.7. The van der Waals surface area contributed by atoms with E-state index < -0.39 is 5.41 Å². The number of aryl methyl sites for hydroxylation is 1. The van der Waals surface area contributed by atoms with E-state index in [1.54, 1.807) is 0 Å². The molecule has 4 nitrogen and oxygen atoms in total. The lowest BCUT2D eigenvalue weighted by Gasteiger charge is -2.44. The van der Waals surface area contributed by atoms with E-state index in [4.69, 9.17) is 9.97 Å². The van der Waals surface area contributed by atoms with Gasteiger partial charge in [0, 0.05) is 27.6 Å². The van der Waals surface area contributed by atoms with E-state index in [9.17, 15) is 0 Å². The van der Waals surface area contributed by atoms with Gasteiger partial charge in [-0.05, 0) is 106 Å². The maximum absolute atomic E-state index is 5.38. The zero-order chi connectivity index (χ0) is 42.4. The number of fused-ring (bicyclic) bond motifs is 12. The van der Waals surface area contributed by atoms with E-state index >= 15 is 0 Å². The van der Waals surface area contributed by atoms with Crippen molar-refractivity contribution in [2.24, 2.45) is 0 Å². The van der Waals surface area contributed by atoms with E-state index in [-0.39, 0.29) is 0 Å². The summed E-state index contributed by atoms with van der Waals surface area (Å²) in [6, 6.07) is 81.5. The molecule has 2 aliphatic rings. The number of hydrogen-bond acceptors (Lipinski definition) is 3. The summed E-state index contributed by atoms with van der Waals surface area (Å²) in [6.07, 6.45) is 0. The highest BCUT2D eigenvalue weighted by molar-refractivity contribution is 6.10. The average molecular weight is 817 g/mol. The molecule has 0 saturated heterocycles. The minimum atomic E-state index is -0.584. The number of para-hydroxylation sites is 3. The SMILES string of the molecule is Cc1ccc(-n2c3ccccc3c3cc(-c4ccc5c(c4)-c4ccccc4C54c5ccccc5N(c5nc(-c6ccccc6)cc(-c6ccccc6)n5)c5ccccc54)ccc32)cc1. The molecule has 13 rings (SSSR count). The van der Waals surface area contributed by atoms with Gasteiger partial charge in [0.25, 0.3) is 0 Å². The second kappa shape index (κ2) is 14.1. The highest BCUT2D eigenvalue weighted by atomic mass is 15.3. The first-order chi connectivity index (χ1) is 31.6. The molecule has 64 heavy (non-hydrogen) atoms. The number of hydrogen-bond donors (Lipinski definition) is 0. The van der Waals surface area contributed by atoms with Crippen molar-refractivity contribution in [3.63, 3.8) is 0 Å². The summed E-state index contributed by atoms with van der Waals surface area (Å²) in [4.78, 5) is 13.0. The van der Waals surface area contributed by atoms with Crippen LogP contribution in [0.4, 0.5) is 17.3 Å². The number of rotatable bonds is 5. The third kappa shape index (κ3) is 5.29. The van der Waals surface area contributed by atoms with Crippen molar-refractivity contribution in [2.45, 2.75) is 12.3 Å². The van der Waals surface area contributed by atoms with Gasteiger partial charge in [-0.3, -0.25) is 4.90 Å². The standard InChI is InChI=1S/C60H40N4/c1-39-28-32-44(33-29-39)63-55-25-13-9-21-46(55)48-37-43(31-35-56(48)63)42-30-34-50-47(36-42)45-20-8-10-22-49(45)60(50)51-23-11-14-26-57(51)64(58-27-15-12-24-52(58)60)59-61-53(40-16-4-2-5-17-40)38-54(62-59)41-18-6-3-7-19-41/h2-38H,1H3. The van der Waals surface area contributed by atoms with Gasteiger partial charge in [-0.2, -0.15) is 0 Å². The van der Waals surface area contributed by atoms with Gasteiger partial charge >= 0.3 is 0 Å². The third-order valence-corrected chi connectivity index (χ3v) is 13.5. The predicted octanol–water partition coefficient (Wildman–Crippen LogP) is 15.0. The summed E-state index contributed by atoms with van der Waals surface area (Å²) in [6.45, 7) is 2.14. The molecule has 3 heterocycles. The van der Waals surface area contributed by atoms with Gasteiger partial charge in [-0.1, -0.05) is 175 Å². The molecule has 1 aliphatic carbocycles. The topological polar surface area (TPSA) is 34.0 Å². The largest absolute Gasteiger partial charge is 0.309 e. The van der Waals surface area contributed by atoms with Crippen molar-refractivity contribution in [1.82, 2.24) is 14.5 Å². The second-order valence-electron chi connectivity index (χ2n) is 17.0. The highest BCUT2D eigenvalue weighted by Gasteiger charge is 2.52. The molecule has 9 aromatic carbocycles. The maximum Gasteiger partial charge on any atom is 0.235 e. The van der Waals surface area contributed by atoms with Crippen molar-refractivity contribution in [3.8, 4) is 50.5 Å². The molecule has 0 atom stereocenters. The first-order valence-corrected chi connectivity index (χ1v) is 22.0. The van der Waals surface area contributed by atoms with Crippen molar-refractivity contribution < 1.29 is 0 Å². The molecule has 1 spiro atoms. The summed E-state index contributed by atoms with van der Waals surface area (Å²) in [5, 5.41) is 2.50. The van der Waals surface area contributed by atoms with E-state index in [1.807, 2.05) is 12.1 Å². The van der Waals surface area contributed by atoms with Crippen LogP contribution in [-0.4, -0.2) is 14.5 Å². The van der Waals surface area contributed by atoms with Crippen LogP contribution in [0, 0.1) is 6.92 Å². The van der Waals surface area contributed by atoms with E-state index in [0.29, 0.717) is 5.95 Å². The molecular weight excluding hydrogens is 777 g/mol. The molecule has 11 aromatic rings. The molecular formula is C60H40N4. The Morgan fingerprint density at radius 2 is 0.906 bits per heavy atom. The fraction of sp³-hybridized carbons (Fsp3) is 0.0333. The quantitative estimate of drug-likeness (QED) is 0.173. The zero-order valence-electron chi connectivity index (χ0n) is 35.2. The van der Waals surface area contributed by atoms with Gasteiger partial charge in [0.15, 0.2) is 0 Å². The van der Waals surface area contributed by atoms with Crippen LogP contribution in [0.25, 0.3) is 72.3 Å². The first kappa shape index (κ1) is 36.3. The Morgan fingerprint density at radius 1 is 0.375 bits per heavy atom. The number of aromatic nitrogens is 3. The Morgan fingerprint density at radius 3 is 1.59 bits per heavy atom. The van der Waals surface area contributed by atoms with E-state index in [2.05, 4.69) is 229 Å². The van der Waals surface area contributed by atoms with Crippen LogP contribution < -0.4 is 4.90 Å². The zero-order valence-corrected chi connectivity index (χ0v) is 35.2. The monoisotopic (exact) mass is 816 g/mol. The van der Waals surface area contributed by atoms with Gasteiger partial charge in [0.05, 0.1) is 39.2 Å². The van der Waals surface area contributed by atoms with Crippen LogP contribution in [-0.2, 0) is 5.41 Å². The van der Waals surface area contributed by atoms with Crippen LogP contribution in [0.3, 0.4) is 0 Å². The van der Waals surface area contributed by atoms with Gasteiger partial charge in [-0.15, -0.1) is 0 Å². The molecule has 0 saturated carbocycles. The highest BCUT2D eigenvalue weighted by Crippen LogP contribution is 2.63. The van der Waals surface area contributed by atoms with E-state index in [0.717, 1.165) is 33.9 Å². The number of benzene rings is 9. The van der Waals surface area contributed by atoms with Gasteiger partial charge in [0.1, 0.15) is 0 Å². The molecule has 0 fully saturated rings. The third-order valence-electron chi connectivity index (χ3n) is 13.5. The smallest absolute Gasteiger partial charge is 0.235 e. The molecule has 0 radical (unpaired) electrons. The van der Waals surface area contributed by atoms with Crippen molar-refractivity contribution in [1.29, 1.82) is 0 Å². The molecule has 0 bridgehead atoms. The number of anilines is 3. The second-order valence-corrected chi connectivity index (χ2v) is 17.0. The van der Waals surface area contributed by atoms with Gasteiger partial charge < -0.3 is 4.57 Å². The van der Waals surface area contributed by atoms with Crippen LogP contribution in [0.15, 0.2) is 224 Å². The molecule has 2 aromatic heterocycles. The summed E-state index contributed by atoms with van der Waals surface area (Å²) < 4.78 is 2.39. The molecule has 0 amide bonds. The minimum absolute atomic E-state index is 0.584. The maximum atomic E-state index is 5.38. The van der Waals surface area contributed by atoms with Crippen LogP contribution in [0.2, 0.25) is 0 Å². The Bertz CT molecular complexity index is 3520. The van der Waals surface area contributed by atoms with Crippen LogP contribution in [0.5, 0.6) is 0 Å². The fourth-order valence-electron chi connectivity index (χ4n) is 10.7. The van der Waals surface area contributed by atoms with Gasteiger partial charge in [-0.25, -0.2) is 9.97 Å². The molecule has 0 unspecified atom stereocenters. The van der Waals surface area contributed by atoms with Crippen LogP contribution >= 0.6 is 0 Å². The van der Waals surface area contributed by atoms with Crippen molar-refractivity contribution in [2.75, 3.05) is 4.90 Å². The molecule has 1 aliphatic heterocycles. The van der Waals surface area contributed by atoms with E-state index in [1.165, 1.54) is 77.6 Å². The lowest BCUT2D eigenvalue weighted by Crippen LogP contribution is -2.36. The average Bonchev–Trinajstić information content (AvgIpc) is 3.85. The molecule has 0 N–H and O–H groups in total. The van der Waals surface area contributed by atoms with Gasteiger partial charge in [0.2, 0.25) is 5.95 Å². The molecule has 4 heteroatoms. The number of nitrogens with zero attached hydrogens (tertiary/aromatic N) is 4. The Hall–Kier alpha value is -8.34. The summed E-state index contributed by atoms with van der Waals surface area (Å²) >= 11 is 0. The lowest BCUT2D eigenvalue weighted by atomic mass is 9.64. The summed E-state index contributed by atoms with van der Waals surface area (Å²) in [7, 11) is 0. The van der Waals surface area contributed by atoms with Crippen molar-refractivity contribution in [3.05, 3.63) is 252 Å².